The number of methoxy groups -OCH3 is 1. The van der Waals surface area contributed by atoms with Crippen LogP contribution in [0.3, 0.4) is 0 Å². The summed E-state index contributed by atoms with van der Waals surface area (Å²) in [6.45, 7) is 5.04. The average molecular weight is 568 g/mol. The maximum Gasteiger partial charge on any atom is 0.352 e. The number of amides is 2. The standard InChI is InChI=1S/C21H25N7O8S2/c1-20(2,3)18(33)35-13-7-11(36-24-13)6-12(29)22-21(34-5)16(32)28-14(15(30)31)10(8-37-17(21)28)9-38-19-23-25-26-27(19)4/h7,17H,6,8-9H2,1-5H3,(H,22,29)(H,30,31)/t17-,21+/m1/s1. The van der Waals surface area contributed by atoms with Gasteiger partial charge in [-0.15, -0.1) is 16.9 Å². The van der Waals surface area contributed by atoms with E-state index in [2.05, 4.69) is 26.0 Å². The molecule has 1 fully saturated rings. The Kier molecular flexibility index (Phi) is 7.53. The summed E-state index contributed by atoms with van der Waals surface area (Å²) in [6.07, 6.45) is -0.328. The molecule has 0 saturated carbocycles. The molecule has 0 radical (unpaired) electrons. The van der Waals surface area contributed by atoms with Gasteiger partial charge in [-0.3, -0.25) is 19.3 Å². The van der Waals surface area contributed by atoms with Gasteiger partial charge in [0.25, 0.3) is 17.5 Å². The van der Waals surface area contributed by atoms with Crippen LogP contribution in [0.25, 0.3) is 0 Å². The first-order chi connectivity index (χ1) is 17.9. The molecule has 15 nitrogen and oxygen atoms in total. The second kappa shape index (κ2) is 10.4. The fourth-order valence-electron chi connectivity index (χ4n) is 3.63. The largest absolute Gasteiger partial charge is 0.477 e. The van der Waals surface area contributed by atoms with E-state index in [0.717, 1.165) is 4.90 Å². The van der Waals surface area contributed by atoms with Gasteiger partial charge in [-0.25, -0.2) is 9.48 Å². The van der Waals surface area contributed by atoms with Crippen LogP contribution in [0.5, 0.6) is 5.88 Å². The molecule has 17 heteroatoms. The van der Waals surface area contributed by atoms with Crippen molar-refractivity contribution in [2.75, 3.05) is 18.6 Å². The van der Waals surface area contributed by atoms with E-state index >= 15 is 0 Å². The van der Waals surface area contributed by atoms with Gasteiger partial charge in [0.15, 0.2) is 0 Å². The Morgan fingerprint density at radius 2 is 2.11 bits per heavy atom. The number of fused-ring (bicyclic) bond motifs is 1. The lowest BCUT2D eigenvalue weighted by Gasteiger charge is -2.55. The van der Waals surface area contributed by atoms with E-state index in [-0.39, 0.29) is 35.3 Å². The van der Waals surface area contributed by atoms with Crippen molar-refractivity contribution in [3.63, 3.8) is 0 Å². The maximum atomic E-state index is 13.2. The molecular formula is C21H25N7O8S2. The van der Waals surface area contributed by atoms with E-state index in [1.165, 1.54) is 41.4 Å². The number of thioether (sulfide) groups is 2. The predicted molar refractivity (Wildman–Crippen MR) is 130 cm³/mol. The molecule has 38 heavy (non-hydrogen) atoms. The number of carbonyl (C=O) groups excluding carboxylic acids is 3. The highest BCUT2D eigenvalue weighted by Gasteiger charge is 2.66. The molecule has 2 aliphatic rings. The van der Waals surface area contributed by atoms with Crippen LogP contribution >= 0.6 is 23.5 Å². The minimum atomic E-state index is -1.77. The number of carboxylic acids is 1. The molecule has 2 aliphatic heterocycles. The number of tetrazole rings is 1. The Morgan fingerprint density at radius 1 is 1.37 bits per heavy atom. The fourth-order valence-corrected chi connectivity index (χ4v) is 6.06. The molecule has 0 bridgehead atoms. The average Bonchev–Trinajstić information content (AvgIpc) is 3.47. The van der Waals surface area contributed by atoms with Crippen LogP contribution < -0.4 is 10.1 Å². The number of aromatic nitrogens is 5. The highest BCUT2D eigenvalue weighted by molar-refractivity contribution is 8.01. The second-order valence-electron chi connectivity index (χ2n) is 9.41. The molecule has 2 aromatic heterocycles. The van der Waals surface area contributed by atoms with Crippen molar-refractivity contribution in [2.24, 2.45) is 12.5 Å². The van der Waals surface area contributed by atoms with E-state index in [1.54, 1.807) is 27.8 Å². The zero-order valence-electron chi connectivity index (χ0n) is 21.1. The number of rotatable bonds is 9. The lowest BCUT2D eigenvalue weighted by atomic mass is 9.97. The third-order valence-electron chi connectivity index (χ3n) is 5.60. The normalized spacial score (nSPS) is 21.1. The summed E-state index contributed by atoms with van der Waals surface area (Å²) in [7, 11) is 2.91. The number of aliphatic carboxylic acids is 1. The first kappa shape index (κ1) is 27.6. The van der Waals surface area contributed by atoms with Gasteiger partial charge in [0.1, 0.15) is 16.8 Å². The fraction of sp³-hybridized carbons (Fsp3) is 0.524. The number of hydrogen-bond donors (Lipinski definition) is 2. The highest BCUT2D eigenvalue weighted by Crippen LogP contribution is 2.47. The molecule has 0 unspecified atom stereocenters. The van der Waals surface area contributed by atoms with Gasteiger partial charge in [0, 0.05) is 31.7 Å². The van der Waals surface area contributed by atoms with Crippen LogP contribution in [0.15, 0.2) is 27.0 Å². The van der Waals surface area contributed by atoms with Gasteiger partial charge in [-0.1, -0.05) is 11.8 Å². The summed E-state index contributed by atoms with van der Waals surface area (Å²) in [5.74, 6) is -2.63. The number of nitrogens with zero attached hydrogens (tertiary/aromatic N) is 6. The van der Waals surface area contributed by atoms with E-state index in [0.29, 0.717) is 10.7 Å². The van der Waals surface area contributed by atoms with Gasteiger partial charge < -0.3 is 24.4 Å². The third kappa shape index (κ3) is 5.12. The first-order valence-electron chi connectivity index (χ1n) is 11.2. The zero-order chi connectivity index (χ0) is 27.8. The van der Waals surface area contributed by atoms with E-state index in [9.17, 15) is 24.3 Å². The number of carboxylic acid groups (broad SMARTS) is 1. The molecular weight excluding hydrogens is 542 g/mol. The van der Waals surface area contributed by atoms with E-state index in [1.807, 2.05) is 0 Å². The molecule has 0 aromatic carbocycles. The van der Waals surface area contributed by atoms with Crippen LogP contribution in [-0.2, 0) is 37.4 Å². The molecule has 2 amide bonds. The zero-order valence-corrected chi connectivity index (χ0v) is 22.7. The summed E-state index contributed by atoms with van der Waals surface area (Å²) in [5.41, 5.74) is -2.18. The van der Waals surface area contributed by atoms with Crippen LogP contribution in [-0.4, -0.2) is 88.8 Å². The first-order valence-corrected chi connectivity index (χ1v) is 13.2. The third-order valence-corrected chi connectivity index (χ3v) is 8.07. The Balaban J connectivity index is 1.45. The smallest absolute Gasteiger partial charge is 0.352 e. The van der Waals surface area contributed by atoms with Crippen molar-refractivity contribution in [3.05, 3.63) is 23.1 Å². The minimum absolute atomic E-state index is 0.0917. The van der Waals surface area contributed by atoms with Gasteiger partial charge in [0.2, 0.25) is 11.1 Å². The number of nitrogens with one attached hydrogen (secondary N) is 1. The summed E-state index contributed by atoms with van der Waals surface area (Å²) in [5, 5.41) is 26.9. The molecule has 4 heterocycles. The Hall–Kier alpha value is -3.44. The van der Waals surface area contributed by atoms with Crippen LogP contribution in [0.1, 0.15) is 26.5 Å². The molecule has 2 N–H and O–H groups in total. The van der Waals surface area contributed by atoms with Gasteiger partial charge in [-0.2, -0.15) is 0 Å². The number of β-lactam (4-membered cyclic amide) rings is 1. The monoisotopic (exact) mass is 567 g/mol. The van der Waals surface area contributed by atoms with Crippen LogP contribution in [0.4, 0.5) is 0 Å². The SMILES string of the molecule is CO[C@@]1(NC(=O)Cc2cc(OC(=O)C(C)(C)C)no2)C(=O)N2C(C(=O)O)=C(CSc3nnnn3C)CS[C@@H]21. The predicted octanol–water partition coefficient (Wildman–Crippen LogP) is 0.197. The number of carbonyl (C=O) groups is 4. The van der Waals surface area contributed by atoms with Gasteiger partial charge >= 0.3 is 11.9 Å². The molecule has 2 atom stereocenters. The number of ether oxygens (including phenoxy) is 2. The summed E-state index contributed by atoms with van der Waals surface area (Å²) in [6, 6.07) is 1.30. The lowest BCUT2D eigenvalue weighted by Crippen LogP contribution is -2.80. The molecule has 4 rings (SSSR count). The number of aryl methyl sites for hydroxylation is 1. The molecule has 1 saturated heterocycles. The topological polar surface area (TPSA) is 192 Å². The Bertz CT molecular complexity index is 1320. The highest BCUT2D eigenvalue weighted by atomic mass is 32.2. The van der Waals surface area contributed by atoms with Crippen molar-refractivity contribution in [1.82, 2.24) is 35.6 Å². The number of esters is 1. The van der Waals surface area contributed by atoms with Crippen LogP contribution in [0.2, 0.25) is 0 Å². The Morgan fingerprint density at radius 3 is 2.71 bits per heavy atom. The molecule has 0 aliphatic carbocycles. The van der Waals surface area contributed by atoms with E-state index in [4.69, 9.17) is 14.0 Å². The Labute approximate surface area is 224 Å². The van der Waals surface area contributed by atoms with Crippen molar-refractivity contribution in [1.29, 1.82) is 0 Å². The van der Waals surface area contributed by atoms with Gasteiger partial charge in [0.05, 0.1) is 11.8 Å². The maximum absolute atomic E-state index is 13.2. The second-order valence-corrected chi connectivity index (χ2v) is 11.4. The van der Waals surface area contributed by atoms with Crippen molar-refractivity contribution in [2.45, 2.75) is 43.4 Å². The minimum Gasteiger partial charge on any atom is -0.477 e. The molecule has 204 valence electrons. The summed E-state index contributed by atoms with van der Waals surface area (Å²) < 4.78 is 17.1. The lowest BCUT2D eigenvalue weighted by molar-refractivity contribution is -0.192. The quantitative estimate of drug-likeness (QED) is 0.181. The van der Waals surface area contributed by atoms with Crippen molar-refractivity contribution >= 4 is 47.3 Å². The summed E-state index contributed by atoms with van der Waals surface area (Å²) >= 11 is 2.50. The number of hydrogen-bond acceptors (Lipinski definition) is 13. The summed E-state index contributed by atoms with van der Waals surface area (Å²) in [4.78, 5) is 51.3. The van der Waals surface area contributed by atoms with Gasteiger partial charge in [-0.05, 0) is 41.9 Å². The van der Waals surface area contributed by atoms with Crippen molar-refractivity contribution < 1.29 is 38.3 Å². The van der Waals surface area contributed by atoms with E-state index < -0.39 is 40.3 Å². The van der Waals surface area contributed by atoms with Crippen molar-refractivity contribution in [3.8, 4) is 5.88 Å². The molecule has 0 spiro atoms. The molecule has 2 aromatic rings. The van der Waals surface area contributed by atoms with Crippen LogP contribution in [0, 0.1) is 5.41 Å².